The van der Waals surface area contributed by atoms with Gasteiger partial charge in [-0.15, -0.1) is 0 Å². The number of halogens is 1. The molecule has 4 aromatic rings. The van der Waals surface area contributed by atoms with Gasteiger partial charge in [0.25, 0.3) is 0 Å². The van der Waals surface area contributed by atoms with Crippen molar-refractivity contribution < 1.29 is 0 Å². The van der Waals surface area contributed by atoms with Gasteiger partial charge in [-0.2, -0.15) is 0 Å². The Balaban J connectivity index is 1.74. The van der Waals surface area contributed by atoms with Gasteiger partial charge in [-0.25, -0.2) is 0 Å². The van der Waals surface area contributed by atoms with Crippen molar-refractivity contribution in [3.05, 3.63) is 114 Å². The zero-order valence-corrected chi connectivity index (χ0v) is 15.5. The molecule has 2 nitrogen and oxygen atoms in total. The number of nitrogens with one attached hydrogen (secondary N) is 1. The number of benzene rings is 4. The van der Waals surface area contributed by atoms with Crippen LogP contribution in [-0.4, -0.2) is 0 Å². The fourth-order valence-electron chi connectivity index (χ4n) is 3.04. The molecule has 0 aliphatic rings. The van der Waals surface area contributed by atoms with E-state index in [0.29, 0.717) is 5.02 Å². The summed E-state index contributed by atoms with van der Waals surface area (Å²) < 4.78 is 0. The van der Waals surface area contributed by atoms with Gasteiger partial charge in [0.2, 0.25) is 0 Å². The third-order valence-corrected chi connectivity index (χ3v) is 4.62. The number of nitrogens with zero attached hydrogens (tertiary/aromatic N) is 1. The quantitative estimate of drug-likeness (QED) is 0.390. The predicted octanol–water partition coefficient (Wildman–Crippen LogP) is 7.55. The molecule has 3 heteroatoms. The molecule has 0 fully saturated rings. The number of hydrogen-bond acceptors (Lipinski definition) is 2. The molecule has 0 bridgehead atoms. The summed E-state index contributed by atoms with van der Waals surface area (Å²) in [5, 5.41) is 4.11. The molecule has 0 spiro atoms. The number of rotatable bonds is 5. The Morgan fingerprint density at radius 1 is 0.556 bits per heavy atom. The van der Waals surface area contributed by atoms with Crippen molar-refractivity contribution in [2.45, 2.75) is 0 Å². The minimum Gasteiger partial charge on any atom is -0.354 e. The highest BCUT2D eigenvalue weighted by Gasteiger charge is 2.12. The second-order valence-corrected chi connectivity index (χ2v) is 6.57. The van der Waals surface area contributed by atoms with Crippen LogP contribution in [0, 0.1) is 0 Å². The van der Waals surface area contributed by atoms with Gasteiger partial charge in [0, 0.05) is 22.7 Å². The fraction of sp³-hybridized carbons (Fsp3) is 0. The largest absolute Gasteiger partial charge is 0.354 e. The average Bonchev–Trinajstić information content (AvgIpc) is 2.72. The van der Waals surface area contributed by atoms with Crippen molar-refractivity contribution in [1.82, 2.24) is 0 Å². The molecule has 132 valence electrons. The Morgan fingerprint density at radius 3 is 1.74 bits per heavy atom. The Labute approximate surface area is 164 Å². The Hall–Kier alpha value is -3.23. The SMILES string of the molecule is Clc1ccccc1Nc1cccc(N(c2ccccc2)c2ccccc2)c1. The van der Waals surface area contributed by atoms with E-state index in [2.05, 4.69) is 70.9 Å². The van der Waals surface area contributed by atoms with Crippen molar-refractivity contribution in [3.8, 4) is 0 Å². The van der Waals surface area contributed by atoms with E-state index in [9.17, 15) is 0 Å². The Kier molecular flexibility index (Phi) is 5.08. The van der Waals surface area contributed by atoms with Crippen LogP contribution < -0.4 is 10.2 Å². The van der Waals surface area contributed by atoms with Crippen LogP contribution in [0.3, 0.4) is 0 Å². The molecule has 0 aromatic heterocycles. The molecule has 4 rings (SSSR count). The molecule has 0 aliphatic carbocycles. The highest BCUT2D eigenvalue weighted by atomic mass is 35.5. The molecule has 27 heavy (non-hydrogen) atoms. The monoisotopic (exact) mass is 370 g/mol. The highest BCUT2D eigenvalue weighted by molar-refractivity contribution is 6.33. The minimum absolute atomic E-state index is 0.700. The van der Waals surface area contributed by atoms with Gasteiger partial charge in [-0.1, -0.05) is 66.2 Å². The van der Waals surface area contributed by atoms with Gasteiger partial charge in [0.15, 0.2) is 0 Å². The first kappa shape index (κ1) is 17.2. The zero-order valence-electron chi connectivity index (χ0n) is 14.7. The predicted molar refractivity (Wildman–Crippen MR) is 116 cm³/mol. The maximum absolute atomic E-state index is 6.30. The molecule has 0 radical (unpaired) electrons. The standard InChI is InChI=1S/C24H19ClN2/c25-23-16-7-8-17-24(23)26-19-10-9-15-22(18-19)27(20-11-3-1-4-12-20)21-13-5-2-6-14-21/h1-18,26H. The van der Waals surface area contributed by atoms with Gasteiger partial charge in [0.1, 0.15) is 0 Å². The van der Waals surface area contributed by atoms with Gasteiger partial charge < -0.3 is 10.2 Å². The van der Waals surface area contributed by atoms with Crippen molar-refractivity contribution >= 4 is 40.0 Å². The van der Waals surface area contributed by atoms with Crippen LogP contribution in [0.2, 0.25) is 5.02 Å². The molecule has 0 atom stereocenters. The molecule has 0 aliphatic heterocycles. The molecule has 0 amide bonds. The summed E-state index contributed by atoms with van der Waals surface area (Å²) in [6, 6.07) is 36.8. The molecular formula is C24H19ClN2. The number of anilines is 5. The smallest absolute Gasteiger partial charge is 0.0640 e. The van der Waals surface area contributed by atoms with E-state index in [1.807, 2.05) is 48.5 Å². The van der Waals surface area contributed by atoms with Gasteiger partial charge in [-0.3, -0.25) is 0 Å². The van der Waals surface area contributed by atoms with Crippen LogP contribution in [0.5, 0.6) is 0 Å². The third-order valence-electron chi connectivity index (χ3n) is 4.29. The van der Waals surface area contributed by atoms with Crippen LogP contribution in [0.1, 0.15) is 0 Å². The van der Waals surface area contributed by atoms with Gasteiger partial charge >= 0.3 is 0 Å². The molecule has 4 aromatic carbocycles. The molecule has 0 unspecified atom stereocenters. The number of hydrogen-bond donors (Lipinski definition) is 1. The first-order valence-electron chi connectivity index (χ1n) is 8.83. The van der Waals surface area contributed by atoms with Crippen molar-refractivity contribution in [3.63, 3.8) is 0 Å². The van der Waals surface area contributed by atoms with E-state index in [-0.39, 0.29) is 0 Å². The molecule has 0 saturated heterocycles. The van der Waals surface area contributed by atoms with Gasteiger partial charge in [0.05, 0.1) is 10.7 Å². The topological polar surface area (TPSA) is 15.3 Å². The maximum Gasteiger partial charge on any atom is 0.0640 e. The molecule has 1 N–H and O–H groups in total. The molecule has 0 saturated carbocycles. The second kappa shape index (κ2) is 7.98. The van der Waals surface area contributed by atoms with Crippen molar-refractivity contribution in [1.29, 1.82) is 0 Å². The summed E-state index contributed by atoms with van der Waals surface area (Å²) in [6.45, 7) is 0. The lowest BCUT2D eigenvalue weighted by atomic mass is 10.1. The van der Waals surface area contributed by atoms with E-state index < -0.39 is 0 Å². The fourth-order valence-corrected chi connectivity index (χ4v) is 3.23. The normalized spacial score (nSPS) is 10.4. The van der Waals surface area contributed by atoms with E-state index in [4.69, 9.17) is 11.6 Å². The summed E-state index contributed by atoms with van der Waals surface area (Å²) >= 11 is 6.30. The van der Waals surface area contributed by atoms with Crippen LogP contribution in [0.4, 0.5) is 28.4 Å². The lowest BCUT2D eigenvalue weighted by Gasteiger charge is -2.26. The van der Waals surface area contributed by atoms with Gasteiger partial charge in [-0.05, 0) is 54.6 Å². The Bertz CT molecular complexity index is 977. The van der Waals surface area contributed by atoms with E-state index in [0.717, 1.165) is 28.4 Å². The minimum atomic E-state index is 0.700. The molecule has 0 heterocycles. The van der Waals surface area contributed by atoms with E-state index in [1.165, 1.54) is 0 Å². The van der Waals surface area contributed by atoms with Crippen molar-refractivity contribution in [2.24, 2.45) is 0 Å². The molecular weight excluding hydrogens is 352 g/mol. The Morgan fingerprint density at radius 2 is 1.11 bits per heavy atom. The van der Waals surface area contributed by atoms with Crippen molar-refractivity contribution in [2.75, 3.05) is 10.2 Å². The van der Waals surface area contributed by atoms with Crippen LogP contribution in [-0.2, 0) is 0 Å². The first-order chi connectivity index (χ1) is 13.3. The summed E-state index contributed by atoms with van der Waals surface area (Å²) in [4.78, 5) is 2.23. The average molecular weight is 371 g/mol. The summed E-state index contributed by atoms with van der Waals surface area (Å²) in [7, 11) is 0. The summed E-state index contributed by atoms with van der Waals surface area (Å²) in [5.74, 6) is 0. The third kappa shape index (κ3) is 3.97. The summed E-state index contributed by atoms with van der Waals surface area (Å²) in [5.41, 5.74) is 5.17. The second-order valence-electron chi connectivity index (χ2n) is 6.16. The first-order valence-corrected chi connectivity index (χ1v) is 9.21. The lowest BCUT2D eigenvalue weighted by Crippen LogP contribution is -2.09. The van der Waals surface area contributed by atoms with Crippen LogP contribution >= 0.6 is 11.6 Å². The maximum atomic E-state index is 6.30. The highest BCUT2D eigenvalue weighted by Crippen LogP contribution is 2.36. The zero-order chi connectivity index (χ0) is 18.5. The van der Waals surface area contributed by atoms with E-state index >= 15 is 0 Å². The lowest BCUT2D eigenvalue weighted by molar-refractivity contribution is 1.28. The number of para-hydroxylation sites is 3. The van der Waals surface area contributed by atoms with Crippen LogP contribution in [0.25, 0.3) is 0 Å². The van der Waals surface area contributed by atoms with E-state index in [1.54, 1.807) is 0 Å². The summed E-state index contributed by atoms with van der Waals surface area (Å²) in [6.07, 6.45) is 0. The van der Waals surface area contributed by atoms with Crippen LogP contribution in [0.15, 0.2) is 109 Å².